The molecule has 1 aliphatic rings. The molecule has 0 radical (unpaired) electrons. The van der Waals surface area contributed by atoms with Crippen LogP contribution in [-0.2, 0) is 17.6 Å². The number of carboxylic acids is 1. The van der Waals surface area contributed by atoms with Gasteiger partial charge in [0.25, 0.3) is 5.69 Å². The Hall–Kier alpha value is -3.95. The number of hydrogen-bond acceptors (Lipinski definition) is 6. The van der Waals surface area contributed by atoms with Crippen molar-refractivity contribution in [3.05, 3.63) is 78.3 Å². The molecule has 1 aromatic heterocycles. The van der Waals surface area contributed by atoms with Gasteiger partial charge in [0, 0.05) is 24.4 Å². The molecule has 150 valence electrons. The van der Waals surface area contributed by atoms with Crippen molar-refractivity contribution in [2.24, 2.45) is 5.92 Å². The molecule has 1 aliphatic carbocycles. The molecule has 29 heavy (non-hydrogen) atoms. The van der Waals surface area contributed by atoms with E-state index in [4.69, 9.17) is 5.11 Å². The Bertz CT molecular complexity index is 1200. The molecule has 3 aromatic rings. The summed E-state index contributed by atoms with van der Waals surface area (Å²) in [5.74, 6) is -1.83. The van der Waals surface area contributed by atoms with Gasteiger partial charge in [-0.05, 0) is 30.5 Å². The average Bonchev–Trinajstić information content (AvgIpc) is 3.15. The predicted molar refractivity (Wildman–Crippen MR) is 106 cm³/mol. The van der Waals surface area contributed by atoms with E-state index in [2.05, 4.69) is 15.3 Å². The highest BCUT2D eigenvalue weighted by atomic mass is 16.6. The van der Waals surface area contributed by atoms with Crippen LogP contribution in [0.1, 0.15) is 11.1 Å². The summed E-state index contributed by atoms with van der Waals surface area (Å²) < 4.78 is 0. The van der Waals surface area contributed by atoms with Gasteiger partial charge in [0.15, 0.2) is 0 Å². The lowest BCUT2D eigenvalue weighted by atomic mass is 10.1. The molecule has 0 bridgehead atoms. The number of nitro groups is 1. The highest BCUT2D eigenvalue weighted by Gasteiger charge is 2.34. The van der Waals surface area contributed by atoms with E-state index in [9.17, 15) is 24.5 Å². The monoisotopic (exact) mass is 398 g/mol. The van der Waals surface area contributed by atoms with Crippen LogP contribution in [-0.4, -0.2) is 33.0 Å². The number of aromatic amines is 2. The predicted octanol–water partition coefficient (Wildman–Crippen LogP) is 1.65. The number of hydrogen-bond donors (Lipinski definition) is 4. The van der Waals surface area contributed by atoms with E-state index in [1.807, 2.05) is 37.4 Å². The molecule has 10 nitrogen and oxygen atoms in total. The van der Waals surface area contributed by atoms with E-state index in [1.165, 1.54) is 0 Å². The third-order valence-corrected chi connectivity index (χ3v) is 4.73. The zero-order valence-corrected chi connectivity index (χ0v) is 15.4. The number of nitro benzene ring substituents is 1. The summed E-state index contributed by atoms with van der Waals surface area (Å²) in [6, 6.07) is 11.2. The Labute approximate surface area is 163 Å². The van der Waals surface area contributed by atoms with Gasteiger partial charge in [-0.2, -0.15) is 0 Å². The van der Waals surface area contributed by atoms with E-state index in [0.29, 0.717) is 11.1 Å². The molecule has 1 unspecified atom stereocenters. The van der Waals surface area contributed by atoms with E-state index < -0.39 is 27.9 Å². The van der Waals surface area contributed by atoms with Crippen LogP contribution in [0.15, 0.2) is 46.0 Å². The normalized spacial score (nSPS) is 14.6. The van der Waals surface area contributed by atoms with E-state index in [-0.39, 0.29) is 29.6 Å². The van der Waals surface area contributed by atoms with Crippen LogP contribution in [0, 0.1) is 16.0 Å². The van der Waals surface area contributed by atoms with Crippen LogP contribution in [0.3, 0.4) is 0 Å². The van der Waals surface area contributed by atoms with Crippen LogP contribution in [0.25, 0.3) is 11.0 Å². The Morgan fingerprint density at radius 3 is 2.31 bits per heavy atom. The van der Waals surface area contributed by atoms with Gasteiger partial charge < -0.3 is 20.4 Å². The van der Waals surface area contributed by atoms with E-state index in [1.54, 1.807) is 0 Å². The van der Waals surface area contributed by atoms with Crippen molar-refractivity contribution in [1.29, 1.82) is 0 Å². The van der Waals surface area contributed by atoms with Crippen LogP contribution in [0.5, 0.6) is 0 Å². The van der Waals surface area contributed by atoms with Crippen LogP contribution >= 0.6 is 0 Å². The first kappa shape index (κ1) is 19.8. The van der Waals surface area contributed by atoms with Crippen molar-refractivity contribution in [3.8, 4) is 0 Å². The molecule has 0 fully saturated rings. The molecule has 10 heteroatoms. The summed E-state index contributed by atoms with van der Waals surface area (Å²) in [7, 11) is 1.91. The summed E-state index contributed by atoms with van der Waals surface area (Å²) in [6.07, 6.45) is 0.100. The molecule has 0 amide bonds. The van der Waals surface area contributed by atoms with Gasteiger partial charge in [-0.15, -0.1) is 0 Å². The van der Waals surface area contributed by atoms with Gasteiger partial charge in [-0.25, -0.2) is 0 Å². The zero-order chi connectivity index (χ0) is 21.1. The van der Waals surface area contributed by atoms with Crippen molar-refractivity contribution in [2.75, 3.05) is 12.4 Å². The zero-order valence-electron chi connectivity index (χ0n) is 15.4. The van der Waals surface area contributed by atoms with Crippen LogP contribution in [0.4, 0.5) is 11.4 Å². The molecule has 0 spiro atoms. The second-order valence-corrected chi connectivity index (χ2v) is 6.50. The van der Waals surface area contributed by atoms with Gasteiger partial charge >= 0.3 is 17.1 Å². The Morgan fingerprint density at radius 1 is 1.14 bits per heavy atom. The van der Waals surface area contributed by atoms with Crippen LogP contribution in [0.2, 0.25) is 0 Å². The molecule has 4 N–H and O–H groups in total. The number of nitrogens with one attached hydrogen (secondary N) is 3. The SMILES string of the molecule is CNc1ccccc1.O=C(O)C1Cc2c([N+](=O)[O-])cc3[nH]c(=O)c(=O)[nH]c3c2C1. The maximum Gasteiger partial charge on any atom is 0.314 e. The summed E-state index contributed by atoms with van der Waals surface area (Å²) >= 11 is 0. The van der Waals surface area contributed by atoms with E-state index in [0.717, 1.165) is 11.8 Å². The number of carbonyl (C=O) groups is 1. The molecule has 1 heterocycles. The molecular weight excluding hydrogens is 380 g/mol. The third kappa shape index (κ3) is 4.00. The lowest BCUT2D eigenvalue weighted by Gasteiger charge is -2.05. The average molecular weight is 398 g/mol. The first-order chi connectivity index (χ1) is 13.8. The second kappa shape index (κ2) is 7.97. The Morgan fingerprint density at radius 2 is 1.76 bits per heavy atom. The first-order valence-electron chi connectivity index (χ1n) is 8.73. The van der Waals surface area contributed by atoms with Crippen LogP contribution < -0.4 is 16.4 Å². The van der Waals surface area contributed by atoms with Crippen molar-refractivity contribution in [1.82, 2.24) is 9.97 Å². The fraction of sp³-hybridized carbons (Fsp3) is 0.211. The molecule has 4 rings (SSSR count). The van der Waals surface area contributed by atoms with Gasteiger partial charge in [-0.1, -0.05) is 18.2 Å². The number of nitrogens with zero attached hydrogens (tertiary/aromatic N) is 1. The highest BCUT2D eigenvalue weighted by molar-refractivity contribution is 5.85. The minimum atomic E-state index is -1.06. The smallest absolute Gasteiger partial charge is 0.314 e. The number of para-hydroxylation sites is 1. The van der Waals surface area contributed by atoms with Gasteiger partial charge in [0.1, 0.15) is 0 Å². The minimum absolute atomic E-state index is 0.0259. The number of fused-ring (bicyclic) bond motifs is 3. The van der Waals surface area contributed by atoms with Crippen molar-refractivity contribution in [2.45, 2.75) is 12.8 Å². The number of carboxylic acid groups (broad SMARTS) is 1. The molecule has 0 saturated carbocycles. The third-order valence-electron chi connectivity index (χ3n) is 4.73. The van der Waals surface area contributed by atoms with E-state index >= 15 is 0 Å². The summed E-state index contributed by atoms with van der Waals surface area (Å²) in [5.41, 5.74) is 0.195. The standard InChI is InChI=1S/C12H9N3O6.C7H9N/c16-10-11(17)14-9-6-2-4(12(18)19)1-5(6)8(15(20)21)3-7(9)13-10;1-8-7-5-3-2-4-6-7/h3-4H,1-2H2,(H,13,16)(H,14,17)(H,18,19);2-6,8H,1H3. The molecule has 1 atom stereocenters. The number of aliphatic carboxylic acids is 1. The molecule has 0 aliphatic heterocycles. The van der Waals surface area contributed by atoms with Crippen molar-refractivity contribution >= 4 is 28.4 Å². The first-order valence-corrected chi connectivity index (χ1v) is 8.73. The summed E-state index contributed by atoms with van der Waals surface area (Å²) in [4.78, 5) is 49.0. The molecular formula is C19H18N4O6. The largest absolute Gasteiger partial charge is 0.481 e. The number of H-pyrrole nitrogens is 2. The molecule has 0 saturated heterocycles. The topological polar surface area (TPSA) is 158 Å². The lowest BCUT2D eigenvalue weighted by Crippen LogP contribution is -2.29. The fourth-order valence-electron chi connectivity index (χ4n) is 3.32. The Kier molecular flexibility index (Phi) is 5.44. The number of rotatable bonds is 3. The number of benzene rings is 2. The fourth-order valence-corrected chi connectivity index (χ4v) is 3.32. The quantitative estimate of drug-likeness (QED) is 0.297. The lowest BCUT2D eigenvalue weighted by molar-refractivity contribution is -0.385. The van der Waals surface area contributed by atoms with Crippen molar-refractivity contribution < 1.29 is 14.8 Å². The maximum atomic E-state index is 11.4. The minimum Gasteiger partial charge on any atom is -0.481 e. The number of aromatic nitrogens is 2. The second-order valence-electron chi connectivity index (χ2n) is 6.50. The molecule has 2 aromatic carbocycles. The maximum absolute atomic E-state index is 11.4. The van der Waals surface area contributed by atoms with Gasteiger partial charge in [0.2, 0.25) is 0 Å². The highest BCUT2D eigenvalue weighted by Crippen LogP contribution is 2.37. The number of anilines is 1. The van der Waals surface area contributed by atoms with Crippen molar-refractivity contribution in [3.63, 3.8) is 0 Å². The van der Waals surface area contributed by atoms with Gasteiger partial charge in [0.05, 0.1) is 21.9 Å². The van der Waals surface area contributed by atoms with Gasteiger partial charge in [-0.3, -0.25) is 24.5 Å². The summed E-state index contributed by atoms with van der Waals surface area (Å²) in [6.45, 7) is 0. The summed E-state index contributed by atoms with van der Waals surface area (Å²) in [5, 5.41) is 23.2. The Balaban J connectivity index is 0.000000252.